The molecule has 0 aliphatic carbocycles. The van der Waals surface area contributed by atoms with E-state index in [0.29, 0.717) is 6.04 Å². The second-order valence-electron chi connectivity index (χ2n) is 3.41. The number of thioether (sulfide) groups is 2. The molecule has 1 saturated heterocycles. The summed E-state index contributed by atoms with van der Waals surface area (Å²) in [5.41, 5.74) is 0. The van der Waals surface area contributed by atoms with E-state index in [1.807, 2.05) is 11.8 Å². The van der Waals surface area contributed by atoms with Gasteiger partial charge in [0.15, 0.2) is 0 Å². The molecule has 1 unspecified atom stereocenters. The highest BCUT2D eigenvalue weighted by molar-refractivity contribution is 8.00. The number of carboxylic acid groups (broad SMARTS) is 1. The zero-order chi connectivity index (χ0) is 11.3. The number of nitrogens with zero attached hydrogens (tertiary/aromatic N) is 1. The van der Waals surface area contributed by atoms with Crippen molar-refractivity contribution >= 4 is 35.4 Å². The highest BCUT2D eigenvalue weighted by atomic mass is 32.2. The maximum absolute atomic E-state index is 11.6. The van der Waals surface area contributed by atoms with Gasteiger partial charge in [0, 0.05) is 18.8 Å². The van der Waals surface area contributed by atoms with Gasteiger partial charge < -0.3 is 10.0 Å². The Balaban J connectivity index is 2.23. The molecule has 4 nitrogen and oxygen atoms in total. The quantitative estimate of drug-likeness (QED) is 0.780. The second kappa shape index (κ2) is 6.27. The average molecular weight is 249 g/mol. The first kappa shape index (κ1) is 12.7. The maximum Gasteiger partial charge on any atom is 0.313 e. The number of carbonyl (C=O) groups excluding carboxylic acids is 1. The van der Waals surface area contributed by atoms with Crippen molar-refractivity contribution < 1.29 is 14.7 Å². The summed E-state index contributed by atoms with van der Waals surface area (Å²) in [5.74, 6) is 1.56. The number of aliphatic carboxylic acids is 1. The van der Waals surface area contributed by atoms with Crippen LogP contribution in [0.1, 0.15) is 6.42 Å². The van der Waals surface area contributed by atoms with Gasteiger partial charge in [0.1, 0.15) is 0 Å². The number of amides is 1. The summed E-state index contributed by atoms with van der Waals surface area (Å²) >= 11 is 3.02. The lowest BCUT2D eigenvalue weighted by Crippen LogP contribution is -2.38. The third-order valence-electron chi connectivity index (χ3n) is 2.30. The second-order valence-corrected chi connectivity index (χ2v) is 5.54. The summed E-state index contributed by atoms with van der Waals surface area (Å²) in [5, 5.41) is 8.43. The fourth-order valence-electron chi connectivity index (χ4n) is 1.36. The Morgan fingerprint density at radius 3 is 2.80 bits per heavy atom. The third-order valence-corrected chi connectivity index (χ3v) is 4.34. The van der Waals surface area contributed by atoms with E-state index in [-0.39, 0.29) is 17.4 Å². The highest BCUT2D eigenvalue weighted by Gasteiger charge is 2.23. The topological polar surface area (TPSA) is 57.6 Å². The van der Waals surface area contributed by atoms with Crippen LogP contribution in [0.2, 0.25) is 0 Å². The van der Waals surface area contributed by atoms with Crippen molar-refractivity contribution in [2.75, 3.05) is 30.1 Å². The van der Waals surface area contributed by atoms with Crippen molar-refractivity contribution in [1.29, 1.82) is 0 Å². The first-order chi connectivity index (χ1) is 7.11. The molecule has 1 N–H and O–H groups in total. The number of hydrogen-bond acceptors (Lipinski definition) is 4. The van der Waals surface area contributed by atoms with E-state index in [1.165, 1.54) is 0 Å². The summed E-state index contributed by atoms with van der Waals surface area (Å²) in [7, 11) is 1.81. The first-order valence-corrected chi connectivity index (χ1v) is 7.05. The monoisotopic (exact) mass is 249 g/mol. The highest BCUT2D eigenvalue weighted by Crippen LogP contribution is 2.21. The fourth-order valence-corrected chi connectivity index (χ4v) is 3.28. The van der Waals surface area contributed by atoms with E-state index >= 15 is 0 Å². The Morgan fingerprint density at radius 1 is 1.53 bits per heavy atom. The van der Waals surface area contributed by atoms with Gasteiger partial charge in [-0.05, 0) is 12.2 Å². The largest absolute Gasteiger partial charge is 0.481 e. The van der Waals surface area contributed by atoms with Gasteiger partial charge in [-0.2, -0.15) is 11.8 Å². The van der Waals surface area contributed by atoms with Crippen molar-refractivity contribution in [3.8, 4) is 0 Å². The van der Waals surface area contributed by atoms with Crippen LogP contribution in [0, 0.1) is 0 Å². The molecule has 1 heterocycles. The van der Waals surface area contributed by atoms with Crippen LogP contribution in [0.3, 0.4) is 0 Å². The fraction of sp³-hybridized carbons (Fsp3) is 0.778. The Hall–Kier alpha value is -0.360. The number of rotatable bonds is 5. The van der Waals surface area contributed by atoms with Crippen LogP contribution >= 0.6 is 23.5 Å². The van der Waals surface area contributed by atoms with Crippen molar-refractivity contribution in [3.63, 3.8) is 0 Å². The standard InChI is InChI=1S/C9H15NO3S2/c1-10(7-2-3-14-4-7)8(11)5-15-6-9(12)13/h7H,2-6H2,1H3,(H,12,13). The van der Waals surface area contributed by atoms with Gasteiger partial charge in [0.25, 0.3) is 0 Å². The molecule has 1 atom stereocenters. The van der Waals surface area contributed by atoms with Crippen LogP contribution in [0.4, 0.5) is 0 Å². The van der Waals surface area contributed by atoms with Crippen LogP contribution in [0.25, 0.3) is 0 Å². The molecule has 1 aliphatic heterocycles. The Morgan fingerprint density at radius 2 is 2.27 bits per heavy atom. The number of carboxylic acids is 1. The predicted octanol–water partition coefficient (Wildman–Crippen LogP) is 0.768. The van der Waals surface area contributed by atoms with Crippen LogP contribution in [0.5, 0.6) is 0 Å². The molecule has 0 radical (unpaired) electrons. The molecule has 0 aromatic carbocycles. The molecule has 1 amide bonds. The molecular weight excluding hydrogens is 234 g/mol. The normalized spacial score (nSPS) is 20.2. The summed E-state index contributed by atoms with van der Waals surface area (Å²) in [4.78, 5) is 23.6. The van der Waals surface area contributed by atoms with Gasteiger partial charge in [-0.3, -0.25) is 9.59 Å². The molecular formula is C9H15NO3S2. The molecule has 0 aromatic rings. The molecule has 1 fully saturated rings. The maximum atomic E-state index is 11.6. The van der Waals surface area contributed by atoms with Crippen molar-refractivity contribution in [3.05, 3.63) is 0 Å². The van der Waals surface area contributed by atoms with Crippen LogP contribution in [-0.2, 0) is 9.59 Å². The number of hydrogen-bond donors (Lipinski definition) is 1. The summed E-state index contributed by atoms with van der Waals surface area (Å²) < 4.78 is 0. The van der Waals surface area contributed by atoms with Crippen molar-refractivity contribution in [2.24, 2.45) is 0 Å². The molecule has 0 saturated carbocycles. The smallest absolute Gasteiger partial charge is 0.313 e. The van der Waals surface area contributed by atoms with Crippen LogP contribution in [-0.4, -0.2) is 58.0 Å². The van der Waals surface area contributed by atoms with E-state index in [2.05, 4.69) is 0 Å². The lowest BCUT2D eigenvalue weighted by molar-refractivity contribution is -0.133. The van der Waals surface area contributed by atoms with Gasteiger partial charge in [-0.1, -0.05) is 0 Å². The Bertz CT molecular complexity index is 242. The van der Waals surface area contributed by atoms with Gasteiger partial charge in [-0.15, -0.1) is 11.8 Å². The minimum absolute atomic E-state index is 0.000995. The molecule has 86 valence electrons. The summed E-state index contributed by atoms with van der Waals surface area (Å²) in [6, 6.07) is 0.341. The Labute approximate surface area is 97.8 Å². The molecule has 6 heteroatoms. The van der Waals surface area contributed by atoms with E-state index in [9.17, 15) is 9.59 Å². The SMILES string of the molecule is CN(C(=O)CSCC(=O)O)C1CCSC1. The van der Waals surface area contributed by atoms with Gasteiger partial charge in [-0.25, -0.2) is 0 Å². The Kier molecular flexibility index (Phi) is 5.31. The summed E-state index contributed by atoms with van der Waals surface area (Å²) in [6.07, 6.45) is 1.05. The number of carbonyl (C=O) groups is 2. The molecule has 1 aliphatic rings. The van der Waals surface area contributed by atoms with Gasteiger partial charge in [0.2, 0.25) is 5.91 Å². The zero-order valence-electron chi connectivity index (χ0n) is 8.64. The first-order valence-electron chi connectivity index (χ1n) is 4.74. The van der Waals surface area contributed by atoms with E-state index in [1.54, 1.807) is 11.9 Å². The van der Waals surface area contributed by atoms with E-state index in [4.69, 9.17) is 5.11 Å². The van der Waals surface area contributed by atoms with E-state index in [0.717, 1.165) is 29.7 Å². The van der Waals surface area contributed by atoms with Crippen LogP contribution in [0.15, 0.2) is 0 Å². The summed E-state index contributed by atoms with van der Waals surface area (Å²) in [6.45, 7) is 0. The minimum atomic E-state index is -0.869. The van der Waals surface area contributed by atoms with E-state index < -0.39 is 5.97 Å². The lowest BCUT2D eigenvalue weighted by Gasteiger charge is -2.23. The molecule has 0 bridgehead atoms. The lowest BCUT2D eigenvalue weighted by atomic mass is 10.2. The zero-order valence-corrected chi connectivity index (χ0v) is 10.3. The molecule has 1 rings (SSSR count). The molecule has 0 spiro atoms. The van der Waals surface area contributed by atoms with Crippen LogP contribution < -0.4 is 0 Å². The third kappa shape index (κ3) is 4.34. The van der Waals surface area contributed by atoms with Gasteiger partial charge in [0.05, 0.1) is 11.5 Å². The molecule has 15 heavy (non-hydrogen) atoms. The predicted molar refractivity (Wildman–Crippen MR) is 63.5 cm³/mol. The van der Waals surface area contributed by atoms with Crippen molar-refractivity contribution in [2.45, 2.75) is 12.5 Å². The van der Waals surface area contributed by atoms with Crippen molar-refractivity contribution in [1.82, 2.24) is 4.90 Å². The van der Waals surface area contributed by atoms with Gasteiger partial charge >= 0.3 is 5.97 Å². The molecule has 0 aromatic heterocycles. The average Bonchev–Trinajstić information content (AvgIpc) is 2.68. The minimum Gasteiger partial charge on any atom is -0.481 e.